The van der Waals surface area contributed by atoms with E-state index in [0.29, 0.717) is 29.8 Å². The van der Waals surface area contributed by atoms with Gasteiger partial charge in [-0.15, -0.1) is 0 Å². The van der Waals surface area contributed by atoms with E-state index < -0.39 is 11.7 Å². The molecule has 1 N–H and O–H groups in total. The van der Waals surface area contributed by atoms with E-state index in [9.17, 15) is 22.8 Å². The number of fused-ring (bicyclic) bond motifs is 1. The van der Waals surface area contributed by atoms with Crippen LogP contribution in [0.1, 0.15) is 32.7 Å². The first-order valence-electron chi connectivity index (χ1n) is 7.74. The minimum Gasteiger partial charge on any atom is -0.385 e. The lowest BCUT2D eigenvalue weighted by Crippen LogP contribution is -2.31. The summed E-state index contributed by atoms with van der Waals surface area (Å²) >= 11 is 0. The fraction of sp³-hybridized carbons (Fsp3) is 0.222. The molecular formula is C18H15F3N2O2. The summed E-state index contributed by atoms with van der Waals surface area (Å²) in [5, 5.41) is 2.88. The van der Waals surface area contributed by atoms with Gasteiger partial charge in [-0.05, 0) is 36.8 Å². The SMILES string of the molecule is O=C1c2ccccc2C(=O)N1CCCNc1cccc(C(F)(F)F)c1. The summed E-state index contributed by atoms with van der Waals surface area (Å²) in [7, 11) is 0. The van der Waals surface area contributed by atoms with Gasteiger partial charge in [-0.2, -0.15) is 13.2 Å². The summed E-state index contributed by atoms with van der Waals surface area (Å²) in [4.78, 5) is 25.5. The zero-order valence-electron chi connectivity index (χ0n) is 13.1. The van der Waals surface area contributed by atoms with E-state index in [1.807, 2.05) is 0 Å². The Hall–Kier alpha value is -2.83. The Kier molecular flexibility index (Phi) is 4.48. The Morgan fingerprint density at radius 1 is 0.920 bits per heavy atom. The fourth-order valence-corrected chi connectivity index (χ4v) is 2.72. The van der Waals surface area contributed by atoms with Gasteiger partial charge in [0.25, 0.3) is 11.8 Å². The van der Waals surface area contributed by atoms with Crippen LogP contribution in [0.3, 0.4) is 0 Å². The van der Waals surface area contributed by atoms with E-state index >= 15 is 0 Å². The van der Waals surface area contributed by atoms with Gasteiger partial charge in [0.05, 0.1) is 16.7 Å². The average molecular weight is 348 g/mol. The van der Waals surface area contributed by atoms with Crippen LogP contribution in [0.4, 0.5) is 18.9 Å². The van der Waals surface area contributed by atoms with Gasteiger partial charge in [-0.1, -0.05) is 18.2 Å². The molecule has 0 unspecified atom stereocenters. The van der Waals surface area contributed by atoms with Crippen molar-refractivity contribution in [1.82, 2.24) is 4.90 Å². The standard InChI is InChI=1S/C18H15F3N2O2/c19-18(20,21)12-5-3-6-13(11-12)22-9-4-10-23-16(24)14-7-1-2-8-15(14)17(23)25/h1-3,5-8,11,22H,4,9-10H2. The average Bonchev–Trinajstić information content (AvgIpc) is 2.83. The number of amides is 2. The van der Waals surface area contributed by atoms with Crippen LogP contribution in [0.15, 0.2) is 48.5 Å². The van der Waals surface area contributed by atoms with Crippen LogP contribution in [0.25, 0.3) is 0 Å². The first kappa shape index (κ1) is 17.0. The van der Waals surface area contributed by atoms with Crippen LogP contribution >= 0.6 is 0 Å². The minimum atomic E-state index is -4.39. The van der Waals surface area contributed by atoms with Gasteiger partial charge in [0, 0.05) is 18.8 Å². The Morgan fingerprint density at radius 2 is 1.56 bits per heavy atom. The molecule has 0 saturated heterocycles. The van der Waals surface area contributed by atoms with Crippen LogP contribution in [-0.4, -0.2) is 29.8 Å². The molecule has 0 radical (unpaired) electrons. The maximum absolute atomic E-state index is 12.7. The summed E-state index contributed by atoms with van der Waals surface area (Å²) in [5.74, 6) is -0.667. The van der Waals surface area contributed by atoms with Crippen molar-refractivity contribution in [2.75, 3.05) is 18.4 Å². The molecule has 7 heteroatoms. The van der Waals surface area contributed by atoms with Gasteiger partial charge in [-0.3, -0.25) is 14.5 Å². The predicted octanol–water partition coefficient (Wildman–Crippen LogP) is 3.80. The van der Waals surface area contributed by atoms with Crippen molar-refractivity contribution < 1.29 is 22.8 Å². The quantitative estimate of drug-likeness (QED) is 0.660. The molecule has 0 saturated carbocycles. The number of halogens is 3. The van der Waals surface area contributed by atoms with Crippen LogP contribution in [-0.2, 0) is 6.18 Å². The highest BCUT2D eigenvalue weighted by molar-refractivity contribution is 6.21. The first-order valence-corrected chi connectivity index (χ1v) is 7.74. The smallest absolute Gasteiger partial charge is 0.385 e. The lowest BCUT2D eigenvalue weighted by Gasteiger charge is -2.15. The molecular weight excluding hydrogens is 333 g/mol. The van der Waals surface area contributed by atoms with Crippen LogP contribution < -0.4 is 5.32 Å². The van der Waals surface area contributed by atoms with Crippen molar-refractivity contribution in [2.24, 2.45) is 0 Å². The molecule has 2 amide bonds. The highest BCUT2D eigenvalue weighted by Crippen LogP contribution is 2.30. The van der Waals surface area contributed by atoms with E-state index in [4.69, 9.17) is 0 Å². The summed E-state index contributed by atoms with van der Waals surface area (Å²) in [5.41, 5.74) is 0.395. The number of nitrogens with one attached hydrogen (secondary N) is 1. The van der Waals surface area contributed by atoms with Gasteiger partial charge in [0.15, 0.2) is 0 Å². The van der Waals surface area contributed by atoms with Gasteiger partial charge < -0.3 is 5.32 Å². The molecule has 1 aliphatic heterocycles. The van der Waals surface area contributed by atoms with Crippen molar-refractivity contribution in [2.45, 2.75) is 12.6 Å². The number of carbonyl (C=O) groups is 2. The minimum absolute atomic E-state index is 0.207. The van der Waals surface area contributed by atoms with E-state index in [-0.39, 0.29) is 18.4 Å². The Balaban J connectivity index is 1.55. The number of imide groups is 1. The summed E-state index contributed by atoms with van der Waals surface area (Å²) in [6.07, 6.45) is -3.96. The largest absolute Gasteiger partial charge is 0.416 e. The number of anilines is 1. The number of alkyl halides is 3. The van der Waals surface area contributed by atoms with Gasteiger partial charge in [0.2, 0.25) is 0 Å². The van der Waals surface area contributed by atoms with Gasteiger partial charge in [0.1, 0.15) is 0 Å². The maximum Gasteiger partial charge on any atom is 0.416 e. The lowest BCUT2D eigenvalue weighted by molar-refractivity contribution is -0.137. The molecule has 0 aromatic heterocycles. The van der Waals surface area contributed by atoms with Crippen molar-refractivity contribution in [3.8, 4) is 0 Å². The van der Waals surface area contributed by atoms with Crippen molar-refractivity contribution in [3.05, 3.63) is 65.2 Å². The zero-order valence-corrected chi connectivity index (χ0v) is 13.1. The number of hydrogen-bond donors (Lipinski definition) is 1. The third kappa shape index (κ3) is 3.50. The number of carbonyl (C=O) groups excluding carboxylic acids is 2. The number of benzene rings is 2. The molecule has 4 nitrogen and oxygen atoms in total. The van der Waals surface area contributed by atoms with Crippen LogP contribution in [0, 0.1) is 0 Å². The summed E-state index contributed by atoms with van der Waals surface area (Å²) in [6, 6.07) is 11.5. The number of nitrogens with zero attached hydrogens (tertiary/aromatic N) is 1. The normalized spacial score (nSPS) is 14.0. The van der Waals surface area contributed by atoms with Crippen molar-refractivity contribution in [3.63, 3.8) is 0 Å². The monoisotopic (exact) mass is 348 g/mol. The molecule has 2 aromatic rings. The zero-order chi connectivity index (χ0) is 18.0. The molecule has 25 heavy (non-hydrogen) atoms. The number of rotatable bonds is 5. The van der Waals surface area contributed by atoms with Gasteiger partial charge in [-0.25, -0.2) is 0 Å². The summed E-state index contributed by atoms with van der Waals surface area (Å²) in [6.45, 7) is 0.549. The topological polar surface area (TPSA) is 49.4 Å². The van der Waals surface area contributed by atoms with Crippen molar-refractivity contribution >= 4 is 17.5 Å². The maximum atomic E-state index is 12.7. The molecule has 0 spiro atoms. The molecule has 2 aromatic carbocycles. The van der Waals surface area contributed by atoms with Crippen LogP contribution in [0.2, 0.25) is 0 Å². The molecule has 3 rings (SSSR count). The second kappa shape index (κ2) is 6.58. The van der Waals surface area contributed by atoms with E-state index in [1.165, 1.54) is 17.0 Å². The predicted molar refractivity (Wildman–Crippen MR) is 86.4 cm³/mol. The Labute approximate surface area is 142 Å². The molecule has 1 heterocycles. The third-order valence-electron chi connectivity index (χ3n) is 3.96. The first-order chi connectivity index (χ1) is 11.9. The number of hydrogen-bond acceptors (Lipinski definition) is 3. The highest BCUT2D eigenvalue weighted by Gasteiger charge is 2.34. The van der Waals surface area contributed by atoms with E-state index in [1.54, 1.807) is 24.3 Å². The summed E-state index contributed by atoms with van der Waals surface area (Å²) < 4.78 is 38.0. The van der Waals surface area contributed by atoms with Crippen LogP contribution in [0.5, 0.6) is 0 Å². The molecule has 0 aliphatic carbocycles. The highest BCUT2D eigenvalue weighted by atomic mass is 19.4. The lowest BCUT2D eigenvalue weighted by atomic mass is 10.1. The molecule has 0 atom stereocenters. The molecule has 0 bridgehead atoms. The molecule has 1 aliphatic rings. The Bertz CT molecular complexity index is 783. The molecule has 0 fully saturated rings. The van der Waals surface area contributed by atoms with Gasteiger partial charge >= 0.3 is 6.18 Å². The Morgan fingerprint density at radius 3 is 2.16 bits per heavy atom. The van der Waals surface area contributed by atoms with Crippen molar-refractivity contribution in [1.29, 1.82) is 0 Å². The third-order valence-corrected chi connectivity index (χ3v) is 3.96. The van der Waals surface area contributed by atoms with E-state index in [2.05, 4.69) is 5.32 Å². The molecule has 130 valence electrons. The fourth-order valence-electron chi connectivity index (χ4n) is 2.72. The second-order valence-electron chi connectivity index (χ2n) is 5.67. The van der Waals surface area contributed by atoms with E-state index in [0.717, 1.165) is 12.1 Å². The second-order valence-corrected chi connectivity index (χ2v) is 5.67.